The zero-order valence-electron chi connectivity index (χ0n) is 11.2. The molecule has 20 heavy (non-hydrogen) atoms. The van der Waals surface area contributed by atoms with Gasteiger partial charge in [0, 0.05) is 12.6 Å². The molecule has 1 aliphatic rings. The first-order chi connectivity index (χ1) is 9.35. The SMILES string of the molecule is CC1COCCN1c1cc(COS(C)(=O)=O)nc(Cl)n1. The summed E-state index contributed by atoms with van der Waals surface area (Å²) in [6.45, 7) is 3.77. The molecule has 1 saturated heterocycles. The highest BCUT2D eigenvalue weighted by atomic mass is 35.5. The summed E-state index contributed by atoms with van der Waals surface area (Å²) in [5.74, 6) is 0.646. The van der Waals surface area contributed by atoms with Crippen molar-refractivity contribution in [2.75, 3.05) is 30.9 Å². The van der Waals surface area contributed by atoms with Crippen LogP contribution in [0.15, 0.2) is 6.07 Å². The van der Waals surface area contributed by atoms with Crippen molar-refractivity contribution in [3.63, 3.8) is 0 Å². The fourth-order valence-corrected chi connectivity index (χ4v) is 2.44. The average Bonchev–Trinajstić information content (AvgIpc) is 2.35. The molecule has 1 aromatic heterocycles. The van der Waals surface area contributed by atoms with Crippen LogP contribution in [0.25, 0.3) is 0 Å². The number of hydrogen-bond acceptors (Lipinski definition) is 7. The highest BCUT2D eigenvalue weighted by Crippen LogP contribution is 2.20. The van der Waals surface area contributed by atoms with Crippen molar-refractivity contribution in [2.45, 2.75) is 19.6 Å². The fourth-order valence-electron chi connectivity index (χ4n) is 1.91. The molecule has 2 heterocycles. The van der Waals surface area contributed by atoms with Gasteiger partial charge in [0.2, 0.25) is 5.28 Å². The summed E-state index contributed by atoms with van der Waals surface area (Å²) in [5.41, 5.74) is 0.420. The van der Waals surface area contributed by atoms with E-state index in [4.69, 9.17) is 20.5 Å². The van der Waals surface area contributed by atoms with Gasteiger partial charge in [0.15, 0.2) is 0 Å². The molecule has 7 nitrogen and oxygen atoms in total. The smallest absolute Gasteiger partial charge is 0.264 e. The van der Waals surface area contributed by atoms with Gasteiger partial charge in [0.1, 0.15) is 12.4 Å². The quantitative estimate of drug-likeness (QED) is 0.600. The molecule has 0 radical (unpaired) electrons. The van der Waals surface area contributed by atoms with Crippen LogP contribution in [0.3, 0.4) is 0 Å². The number of ether oxygens (including phenoxy) is 1. The van der Waals surface area contributed by atoms with Crippen LogP contribution >= 0.6 is 11.6 Å². The number of anilines is 1. The molecule has 0 N–H and O–H groups in total. The highest BCUT2D eigenvalue weighted by molar-refractivity contribution is 7.85. The zero-order valence-corrected chi connectivity index (χ0v) is 12.8. The highest BCUT2D eigenvalue weighted by Gasteiger charge is 2.21. The van der Waals surface area contributed by atoms with E-state index in [2.05, 4.69) is 9.97 Å². The Bertz CT molecular complexity index is 581. The van der Waals surface area contributed by atoms with E-state index < -0.39 is 10.1 Å². The van der Waals surface area contributed by atoms with E-state index in [0.29, 0.717) is 31.3 Å². The number of aromatic nitrogens is 2. The summed E-state index contributed by atoms with van der Waals surface area (Å²) < 4.78 is 32.1. The van der Waals surface area contributed by atoms with Gasteiger partial charge in [-0.25, -0.2) is 9.97 Å². The minimum Gasteiger partial charge on any atom is -0.377 e. The second-order valence-electron chi connectivity index (χ2n) is 4.57. The molecule has 1 fully saturated rings. The van der Waals surface area contributed by atoms with Gasteiger partial charge in [-0.1, -0.05) is 0 Å². The lowest BCUT2D eigenvalue weighted by molar-refractivity contribution is 0.0985. The van der Waals surface area contributed by atoms with Gasteiger partial charge in [-0.2, -0.15) is 8.42 Å². The monoisotopic (exact) mass is 321 g/mol. The van der Waals surface area contributed by atoms with Crippen LogP contribution in [0.4, 0.5) is 5.82 Å². The lowest BCUT2D eigenvalue weighted by Crippen LogP contribution is -2.44. The molecule has 0 saturated carbocycles. The molecule has 2 rings (SSSR count). The Morgan fingerprint density at radius 3 is 2.95 bits per heavy atom. The Kier molecular flexibility index (Phi) is 4.79. The standard InChI is InChI=1S/C11H16ClN3O4S/c1-8-6-18-4-3-15(8)10-5-9(13-11(12)14-10)7-19-20(2,16)17/h5,8H,3-4,6-7H2,1-2H3. The second-order valence-corrected chi connectivity index (χ2v) is 6.55. The van der Waals surface area contributed by atoms with Gasteiger partial charge in [0.25, 0.3) is 10.1 Å². The Morgan fingerprint density at radius 2 is 2.30 bits per heavy atom. The van der Waals surface area contributed by atoms with Crippen LogP contribution in [-0.4, -0.2) is 50.4 Å². The average molecular weight is 322 g/mol. The first kappa shape index (κ1) is 15.4. The molecule has 112 valence electrons. The lowest BCUT2D eigenvalue weighted by Gasteiger charge is -2.34. The summed E-state index contributed by atoms with van der Waals surface area (Å²) in [7, 11) is -3.52. The van der Waals surface area contributed by atoms with E-state index in [1.54, 1.807) is 6.07 Å². The fraction of sp³-hybridized carbons (Fsp3) is 0.636. The Hall–Kier alpha value is -0.960. The van der Waals surface area contributed by atoms with Crippen molar-refractivity contribution < 1.29 is 17.3 Å². The molecule has 1 aliphatic heterocycles. The van der Waals surface area contributed by atoms with Crippen molar-refractivity contribution in [1.29, 1.82) is 0 Å². The number of halogens is 1. The van der Waals surface area contributed by atoms with E-state index in [9.17, 15) is 8.42 Å². The van der Waals surface area contributed by atoms with E-state index in [0.717, 1.165) is 6.26 Å². The van der Waals surface area contributed by atoms with Crippen LogP contribution in [0.5, 0.6) is 0 Å². The number of hydrogen-bond donors (Lipinski definition) is 0. The minimum atomic E-state index is -3.52. The van der Waals surface area contributed by atoms with Gasteiger partial charge in [-0.15, -0.1) is 0 Å². The maximum Gasteiger partial charge on any atom is 0.264 e. The lowest BCUT2D eigenvalue weighted by atomic mass is 10.2. The molecule has 0 spiro atoms. The van der Waals surface area contributed by atoms with Crippen LogP contribution in [0, 0.1) is 0 Å². The first-order valence-electron chi connectivity index (χ1n) is 6.07. The molecular weight excluding hydrogens is 306 g/mol. The summed E-state index contributed by atoms with van der Waals surface area (Å²) in [6.07, 6.45) is 0.987. The van der Waals surface area contributed by atoms with Gasteiger partial charge in [-0.05, 0) is 18.5 Å². The molecular formula is C11H16ClN3O4S. The predicted octanol–water partition coefficient (Wildman–Crippen LogP) is 0.831. The van der Waals surface area contributed by atoms with Gasteiger partial charge < -0.3 is 9.64 Å². The molecule has 0 aliphatic carbocycles. The summed E-state index contributed by atoms with van der Waals surface area (Å²) in [5, 5.41) is 0.0632. The zero-order chi connectivity index (χ0) is 14.8. The van der Waals surface area contributed by atoms with Crippen LogP contribution < -0.4 is 4.90 Å². The predicted molar refractivity (Wildman–Crippen MR) is 74.3 cm³/mol. The van der Waals surface area contributed by atoms with Crippen molar-refractivity contribution >= 4 is 27.5 Å². The largest absolute Gasteiger partial charge is 0.377 e. The molecule has 0 amide bonds. The minimum absolute atomic E-state index is 0.0632. The number of rotatable bonds is 4. The summed E-state index contributed by atoms with van der Waals surface area (Å²) in [4.78, 5) is 10.2. The first-order valence-corrected chi connectivity index (χ1v) is 8.27. The maximum absolute atomic E-state index is 11.0. The van der Waals surface area contributed by atoms with Gasteiger partial charge >= 0.3 is 0 Å². The third-order valence-electron chi connectivity index (χ3n) is 2.82. The molecule has 1 unspecified atom stereocenters. The van der Waals surface area contributed by atoms with E-state index >= 15 is 0 Å². The van der Waals surface area contributed by atoms with Crippen molar-refractivity contribution in [3.8, 4) is 0 Å². The summed E-state index contributed by atoms with van der Waals surface area (Å²) in [6, 6.07) is 1.84. The van der Waals surface area contributed by atoms with Crippen LogP contribution in [-0.2, 0) is 25.6 Å². The van der Waals surface area contributed by atoms with Crippen molar-refractivity contribution in [3.05, 3.63) is 17.0 Å². The van der Waals surface area contributed by atoms with E-state index in [1.165, 1.54) is 0 Å². The van der Waals surface area contributed by atoms with Crippen molar-refractivity contribution in [1.82, 2.24) is 9.97 Å². The number of morpholine rings is 1. The normalized spacial score (nSPS) is 20.1. The third-order valence-corrected chi connectivity index (χ3v) is 3.54. The Labute approximate surface area is 123 Å². The number of nitrogens with zero attached hydrogens (tertiary/aromatic N) is 3. The molecule has 1 atom stereocenters. The maximum atomic E-state index is 11.0. The van der Waals surface area contributed by atoms with Crippen LogP contribution in [0.1, 0.15) is 12.6 Å². The van der Waals surface area contributed by atoms with E-state index in [1.807, 2.05) is 11.8 Å². The Balaban J connectivity index is 2.19. The second kappa shape index (κ2) is 6.21. The van der Waals surface area contributed by atoms with E-state index in [-0.39, 0.29) is 17.9 Å². The van der Waals surface area contributed by atoms with Gasteiger partial charge in [-0.3, -0.25) is 4.18 Å². The summed E-state index contributed by atoms with van der Waals surface area (Å²) >= 11 is 5.88. The molecule has 0 bridgehead atoms. The van der Waals surface area contributed by atoms with Crippen LogP contribution in [0.2, 0.25) is 5.28 Å². The van der Waals surface area contributed by atoms with Gasteiger partial charge in [0.05, 0.1) is 31.2 Å². The molecule has 1 aromatic rings. The van der Waals surface area contributed by atoms with Crippen molar-refractivity contribution in [2.24, 2.45) is 0 Å². The third kappa shape index (κ3) is 4.27. The Morgan fingerprint density at radius 1 is 1.55 bits per heavy atom. The molecule has 0 aromatic carbocycles. The topological polar surface area (TPSA) is 81.6 Å². The molecule has 9 heteroatoms.